The maximum Gasteiger partial charge on any atom is 0.309 e. The van der Waals surface area contributed by atoms with E-state index in [1.54, 1.807) is 0 Å². The average Bonchev–Trinajstić information content (AvgIpc) is 2.53. The first-order chi connectivity index (χ1) is 12.7. The smallest absolute Gasteiger partial charge is 0.309 e. The Bertz CT molecular complexity index is 430. The molecule has 28 heavy (non-hydrogen) atoms. The summed E-state index contributed by atoms with van der Waals surface area (Å²) < 4.78 is 6.58. The molecule has 0 saturated carbocycles. The van der Waals surface area contributed by atoms with E-state index < -0.39 is 16.6 Å². The van der Waals surface area contributed by atoms with Crippen LogP contribution in [0.3, 0.4) is 0 Å². The van der Waals surface area contributed by atoms with Gasteiger partial charge in [-0.2, -0.15) is 0 Å². The van der Waals surface area contributed by atoms with Crippen LogP contribution in [0.15, 0.2) is 0 Å². The number of rotatable bonds is 12. The summed E-state index contributed by atoms with van der Waals surface area (Å²) in [7, 11) is -4.10. The van der Waals surface area contributed by atoms with E-state index >= 15 is 0 Å². The molecule has 0 rings (SSSR count). The monoisotopic (exact) mass is 429 g/mol. The van der Waals surface area contributed by atoms with E-state index in [-0.39, 0.29) is 12.0 Å². The highest BCUT2D eigenvalue weighted by atomic mass is 28.4. The van der Waals surface area contributed by atoms with Crippen LogP contribution in [0.2, 0.25) is 33.2 Å². The second-order valence-corrected chi connectivity index (χ2v) is 21.6. The molecule has 0 fully saturated rings. The Hall–Kier alpha value is -0.136. The molecule has 0 aliphatic carbocycles. The molecule has 0 aromatic rings. The summed E-state index contributed by atoms with van der Waals surface area (Å²) in [4.78, 5) is 17.6. The third-order valence-electron chi connectivity index (χ3n) is 7.14. The maximum absolute atomic E-state index is 13.6. The topological polar surface area (TPSA) is 38.3 Å². The van der Waals surface area contributed by atoms with Crippen molar-refractivity contribution < 1.29 is 9.22 Å². The van der Waals surface area contributed by atoms with Gasteiger partial charge in [-0.25, -0.2) is 0 Å². The fourth-order valence-corrected chi connectivity index (χ4v) is 17.0. The fraction of sp³-hybridized carbons (Fsp3) is 0.957. The highest BCUT2D eigenvalue weighted by Crippen LogP contribution is 2.43. The highest BCUT2D eigenvalue weighted by Gasteiger charge is 2.50. The molecule has 0 heterocycles. The summed E-state index contributed by atoms with van der Waals surface area (Å²) in [6.07, 6.45) is 1.85. The number of carbonyl (C=O) groups is 1. The van der Waals surface area contributed by atoms with Crippen molar-refractivity contribution in [3.8, 4) is 0 Å². The van der Waals surface area contributed by atoms with Crippen LogP contribution in [-0.4, -0.2) is 28.6 Å². The van der Waals surface area contributed by atoms with Crippen LogP contribution in [-0.2, 0) is 9.22 Å². The van der Waals surface area contributed by atoms with Crippen molar-refractivity contribution in [3.05, 3.63) is 0 Å². The molecule has 1 atom stereocenters. The molecule has 5 heteroatoms. The van der Waals surface area contributed by atoms with Crippen LogP contribution >= 0.6 is 0 Å². The van der Waals surface area contributed by atoms with Crippen molar-refractivity contribution in [1.29, 1.82) is 0 Å². The normalized spacial score (nSPS) is 14.8. The van der Waals surface area contributed by atoms with Gasteiger partial charge in [-0.15, -0.1) is 0 Å². The molecule has 0 spiro atoms. The molecule has 3 nitrogen and oxygen atoms in total. The quantitative estimate of drug-likeness (QED) is 0.324. The Labute approximate surface area is 179 Å². The molecule has 0 aromatic carbocycles. The average molecular weight is 430 g/mol. The molecule has 0 aromatic heterocycles. The predicted octanol–water partition coefficient (Wildman–Crippen LogP) is 7.64. The minimum absolute atomic E-state index is 0.0171. The van der Waals surface area contributed by atoms with Gasteiger partial charge < -0.3 is 9.41 Å². The minimum atomic E-state index is -2.21. The summed E-state index contributed by atoms with van der Waals surface area (Å²) in [6, 6.07) is -0.174. The molecule has 1 N–H and O–H groups in total. The number of nitrogens with one attached hydrogen (secondary N) is 1. The summed E-state index contributed by atoms with van der Waals surface area (Å²) >= 11 is 0. The van der Waals surface area contributed by atoms with Crippen LogP contribution in [0.5, 0.6) is 0 Å². The van der Waals surface area contributed by atoms with Crippen molar-refractivity contribution in [1.82, 2.24) is 4.98 Å². The van der Waals surface area contributed by atoms with Crippen molar-refractivity contribution in [2.75, 3.05) is 0 Å². The first-order valence-corrected chi connectivity index (χ1v) is 16.1. The standard InChI is InChI=1S/C23H51NO2Si2/c1-14-15-22(24-27(16(2)3,17(4)5)18(6)7)23(25)26-28(19(8)9,20(10)11)21(12)13/h16-22,24H,14-15H2,1-13H3/t22-/m0/s1. The lowest BCUT2D eigenvalue weighted by molar-refractivity contribution is -0.137. The van der Waals surface area contributed by atoms with Gasteiger partial charge in [0.05, 0.1) is 6.04 Å². The third-order valence-corrected chi connectivity index (χ3v) is 19.7. The van der Waals surface area contributed by atoms with Gasteiger partial charge >= 0.3 is 5.97 Å². The highest BCUT2D eigenvalue weighted by molar-refractivity contribution is 6.81. The van der Waals surface area contributed by atoms with Gasteiger partial charge in [-0.05, 0) is 39.7 Å². The summed E-state index contributed by atoms with van der Waals surface area (Å²) in [6.45, 7) is 29.7. The second kappa shape index (κ2) is 11.3. The molecule has 0 radical (unpaired) electrons. The zero-order valence-corrected chi connectivity index (χ0v) is 23.3. The van der Waals surface area contributed by atoms with Gasteiger partial charge in [-0.1, -0.05) is 96.4 Å². The Morgan fingerprint density at radius 2 is 1.07 bits per heavy atom. The van der Waals surface area contributed by atoms with Crippen molar-refractivity contribution in [2.45, 2.75) is 142 Å². The van der Waals surface area contributed by atoms with E-state index in [9.17, 15) is 4.79 Å². The Kier molecular flexibility index (Phi) is 11.3. The summed E-state index contributed by atoms with van der Waals surface area (Å²) in [5.74, 6) is 0.0171. The maximum atomic E-state index is 13.6. The fourth-order valence-electron chi connectivity index (χ4n) is 5.94. The molecule has 0 aliphatic rings. The summed E-state index contributed by atoms with van der Waals surface area (Å²) in [5, 5.41) is 0. The Balaban J connectivity index is 6.00. The second-order valence-electron chi connectivity index (χ2n) is 10.6. The molecule has 0 amide bonds. The molecule has 0 saturated heterocycles. The zero-order chi connectivity index (χ0) is 22.4. The van der Waals surface area contributed by atoms with Crippen LogP contribution in [0.25, 0.3) is 0 Å². The number of hydrogen-bond acceptors (Lipinski definition) is 3. The van der Waals surface area contributed by atoms with Crippen molar-refractivity contribution in [3.63, 3.8) is 0 Å². The predicted molar refractivity (Wildman–Crippen MR) is 130 cm³/mol. The first-order valence-electron chi connectivity index (χ1n) is 11.7. The SMILES string of the molecule is CCC[C@H](N[Si](C(C)C)(C(C)C)C(C)C)C(=O)O[Si](C(C)C)(C(C)C)C(C)C. The molecule has 0 aliphatic heterocycles. The number of carbonyl (C=O) groups excluding carboxylic acids is 1. The van der Waals surface area contributed by atoms with E-state index in [0.29, 0.717) is 33.2 Å². The molecule has 0 bridgehead atoms. The molecule has 168 valence electrons. The van der Waals surface area contributed by atoms with Crippen molar-refractivity contribution in [2.24, 2.45) is 0 Å². The van der Waals surface area contributed by atoms with E-state index in [2.05, 4.69) is 95.0 Å². The van der Waals surface area contributed by atoms with E-state index in [1.165, 1.54) is 0 Å². The van der Waals surface area contributed by atoms with E-state index in [4.69, 9.17) is 4.43 Å². The lowest BCUT2D eigenvalue weighted by atomic mass is 10.2. The largest absolute Gasteiger partial charge is 0.517 e. The van der Waals surface area contributed by atoms with Gasteiger partial charge in [0, 0.05) is 0 Å². The van der Waals surface area contributed by atoms with Gasteiger partial charge in [0.2, 0.25) is 0 Å². The molecule has 0 unspecified atom stereocenters. The van der Waals surface area contributed by atoms with Crippen LogP contribution in [0.1, 0.15) is 103 Å². The lowest BCUT2D eigenvalue weighted by Crippen LogP contribution is -2.64. The third kappa shape index (κ3) is 5.72. The number of hydrogen-bond donors (Lipinski definition) is 1. The van der Waals surface area contributed by atoms with Gasteiger partial charge in [0.25, 0.3) is 8.32 Å². The summed E-state index contributed by atoms with van der Waals surface area (Å²) in [5.41, 5.74) is 2.97. The van der Waals surface area contributed by atoms with Crippen LogP contribution < -0.4 is 4.98 Å². The molecular formula is C23H51NO2Si2. The Morgan fingerprint density at radius 3 is 1.32 bits per heavy atom. The van der Waals surface area contributed by atoms with Crippen molar-refractivity contribution >= 4 is 22.5 Å². The Morgan fingerprint density at radius 1 is 0.714 bits per heavy atom. The zero-order valence-electron chi connectivity index (χ0n) is 21.3. The van der Waals surface area contributed by atoms with E-state index in [1.807, 2.05) is 0 Å². The van der Waals surface area contributed by atoms with Crippen LogP contribution in [0.4, 0.5) is 0 Å². The van der Waals surface area contributed by atoms with Gasteiger partial charge in [-0.3, -0.25) is 4.79 Å². The minimum Gasteiger partial charge on any atom is -0.517 e. The van der Waals surface area contributed by atoms with Crippen LogP contribution in [0, 0.1) is 0 Å². The van der Waals surface area contributed by atoms with Gasteiger partial charge in [0.1, 0.15) is 8.24 Å². The van der Waals surface area contributed by atoms with E-state index in [0.717, 1.165) is 12.8 Å². The first kappa shape index (κ1) is 27.9. The lowest BCUT2D eigenvalue weighted by Gasteiger charge is -2.47. The van der Waals surface area contributed by atoms with Gasteiger partial charge in [0.15, 0.2) is 0 Å². The molecular weight excluding hydrogens is 378 g/mol.